The molecule has 130 valence electrons. The Morgan fingerprint density at radius 1 is 1.40 bits per heavy atom. The van der Waals surface area contributed by atoms with Crippen molar-refractivity contribution in [2.75, 3.05) is 13.7 Å². The molecule has 1 aromatic heterocycles. The fourth-order valence-corrected chi connectivity index (χ4v) is 2.78. The summed E-state index contributed by atoms with van der Waals surface area (Å²) in [5.41, 5.74) is 1.50. The number of H-pyrrole nitrogens is 1. The van der Waals surface area contributed by atoms with E-state index in [2.05, 4.69) is 26.1 Å². The second-order valence-corrected chi connectivity index (χ2v) is 6.12. The number of nitrogens with one attached hydrogen (secondary N) is 1. The Morgan fingerprint density at radius 2 is 2.16 bits per heavy atom. The largest absolute Gasteiger partial charge is 0.493 e. The molecule has 0 aliphatic rings. The third kappa shape index (κ3) is 4.28. The van der Waals surface area contributed by atoms with Crippen LogP contribution in [0.2, 0.25) is 0 Å². The minimum atomic E-state index is -0.487. The number of halogens is 1. The van der Waals surface area contributed by atoms with Gasteiger partial charge in [0.15, 0.2) is 11.5 Å². The van der Waals surface area contributed by atoms with Crippen LogP contribution in [0.4, 0.5) is 0 Å². The van der Waals surface area contributed by atoms with Crippen LogP contribution in [0, 0.1) is 18.3 Å². The summed E-state index contributed by atoms with van der Waals surface area (Å²) in [6.45, 7) is 4.33. The number of rotatable bonds is 6. The Bertz CT molecular complexity index is 898. The molecule has 1 aromatic carbocycles. The topological polar surface area (TPSA) is 88.0 Å². The lowest BCUT2D eigenvalue weighted by atomic mass is 10.1. The maximum absolute atomic E-state index is 11.5. The van der Waals surface area contributed by atoms with Gasteiger partial charge in [0.1, 0.15) is 11.6 Å². The standard InChI is InChI=1S/C18H18BrN3O3/c1-4-7-25-17-14(19)8-12(9-16(17)24-3)5-6-15-11(2)13(10-20)18(23)22-21-15/h5-6,8-9H,4,7H2,1-3H3,(H,22,23)/b6-5+. The summed E-state index contributed by atoms with van der Waals surface area (Å²) >= 11 is 3.50. The van der Waals surface area contributed by atoms with Crippen molar-refractivity contribution in [3.63, 3.8) is 0 Å². The Kier molecular flexibility index (Phi) is 6.37. The van der Waals surface area contributed by atoms with Gasteiger partial charge in [0.2, 0.25) is 0 Å². The van der Waals surface area contributed by atoms with E-state index in [1.54, 1.807) is 20.1 Å². The molecule has 2 aromatic rings. The second kappa shape index (κ2) is 8.49. The molecule has 0 unspecified atom stereocenters. The zero-order chi connectivity index (χ0) is 18.4. The minimum absolute atomic E-state index is 0.0664. The molecule has 0 atom stereocenters. The average Bonchev–Trinajstić information content (AvgIpc) is 2.60. The molecule has 6 nitrogen and oxygen atoms in total. The average molecular weight is 404 g/mol. The summed E-state index contributed by atoms with van der Waals surface area (Å²) in [6, 6.07) is 5.64. The van der Waals surface area contributed by atoms with Crippen LogP contribution in [-0.2, 0) is 0 Å². The van der Waals surface area contributed by atoms with E-state index >= 15 is 0 Å². The van der Waals surface area contributed by atoms with Gasteiger partial charge in [0, 0.05) is 0 Å². The van der Waals surface area contributed by atoms with Gasteiger partial charge >= 0.3 is 0 Å². The van der Waals surface area contributed by atoms with Crippen molar-refractivity contribution in [1.29, 1.82) is 5.26 Å². The number of nitriles is 1. The smallest absolute Gasteiger partial charge is 0.282 e. The molecule has 0 bridgehead atoms. The molecular formula is C18H18BrN3O3. The molecule has 2 rings (SSSR count). The number of hydrogen-bond acceptors (Lipinski definition) is 5. The summed E-state index contributed by atoms with van der Waals surface area (Å²) in [5, 5.41) is 15.4. The first kappa shape index (κ1) is 18.7. The van der Waals surface area contributed by atoms with Gasteiger partial charge in [0.05, 0.1) is 23.9 Å². The van der Waals surface area contributed by atoms with Crippen molar-refractivity contribution < 1.29 is 9.47 Å². The van der Waals surface area contributed by atoms with Crippen molar-refractivity contribution >= 4 is 28.1 Å². The Labute approximate surface area is 154 Å². The van der Waals surface area contributed by atoms with Crippen molar-refractivity contribution in [3.8, 4) is 17.6 Å². The van der Waals surface area contributed by atoms with Crippen LogP contribution >= 0.6 is 15.9 Å². The fraction of sp³-hybridized carbons (Fsp3) is 0.278. The number of benzene rings is 1. The first-order valence-corrected chi connectivity index (χ1v) is 8.48. The van der Waals surface area contributed by atoms with E-state index in [0.29, 0.717) is 29.4 Å². The van der Waals surface area contributed by atoms with E-state index in [4.69, 9.17) is 14.7 Å². The monoisotopic (exact) mass is 403 g/mol. The van der Waals surface area contributed by atoms with Gasteiger partial charge in [-0.05, 0) is 58.6 Å². The summed E-state index contributed by atoms with van der Waals surface area (Å²) < 4.78 is 11.9. The van der Waals surface area contributed by atoms with Gasteiger partial charge in [-0.2, -0.15) is 10.4 Å². The van der Waals surface area contributed by atoms with Crippen LogP contribution in [0.25, 0.3) is 12.2 Å². The number of ether oxygens (including phenoxy) is 2. The Morgan fingerprint density at radius 3 is 2.80 bits per heavy atom. The van der Waals surface area contributed by atoms with E-state index in [0.717, 1.165) is 16.5 Å². The molecule has 0 saturated carbocycles. The van der Waals surface area contributed by atoms with E-state index in [1.807, 2.05) is 31.2 Å². The van der Waals surface area contributed by atoms with Crippen LogP contribution in [0.5, 0.6) is 11.5 Å². The number of aromatic amines is 1. The maximum atomic E-state index is 11.5. The molecule has 0 amide bonds. The van der Waals surface area contributed by atoms with Crippen molar-refractivity contribution in [2.45, 2.75) is 20.3 Å². The van der Waals surface area contributed by atoms with Crippen LogP contribution in [0.15, 0.2) is 21.4 Å². The Balaban J connectivity index is 2.38. The van der Waals surface area contributed by atoms with Crippen LogP contribution < -0.4 is 15.0 Å². The summed E-state index contributed by atoms with van der Waals surface area (Å²) in [6.07, 6.45) is 4.46. The van der Waals surface area contributed by atoms with E-state index in [1.165, 1.54) is 0 Å². The molecule has 0 aliphatic carbocycles. The van der Waals surface area contributed by atoms with Crippen molar-refractivity contribution in [1.82, 2.24) is 10.2 Å². The lowest BCUT2D eigenvalue weighted by molar-refractivity contribution is 0.292. The Hall–Kier alpha value is -2.59. The zero-order valence-corrected chi connectivity index (χ0v) is 15.8. The predicted octanol–water partition coefficient (Wildman–Crippen LogP) is 3.68. The molecule has 0 saturated heterocycles. The van der Waals surface area contributed by atoms with E-state index in [-0.39, 0.29) is 5.56 Å². The quantitative estimate of drug-likeness (QED) is 0.794. The summed E-state index contributed by atoms with van der Waals surface area (Å²) in [5.74, 6) is 1.28. The third-order valence-corrected chi connectivity index (χ3v) is 4.10. The molecule has 0 fully saturated rings. The van der Waals surface area contributed by atoms with Gasteiger partial charge in [-0.3, -0.25) is 4.79 Å². The van der Waals surface area contributed by atoms with Gasteiger partial charge in [-0.1, -0.05) is 13.0 Å². The third-order valence-electron chi connectivity index (χ3n) is 3.51. The number of hydrogen-bond donors (Lipinski definition) is 1. The molecule has 0 radical (unpaired) electrons. The van der Waals surface area contributed by atoms with Crippen LogP contribution in [0.3, 0.4) is 0 Å². The molecule has 7 heteroatoms. The lowest BCUT2D eigenvalue weighted by Crippen LogP contribution is -2.15. The van der Waals surface area contributed by atoms with E-state index in [9.17, 15) is 4.79 Å². The number of methoxy groups -OCH3 is 1. The normalized spacial score (nSPS) is 10.7. The molecular weight excluding hydrogens is 386 g/mol. The first-order chi connectivity index (χ1) is 12.0. The van der Waals surface area contributed by atoms with Crippen molar-refractivity contribution in [2.24, 2.45) is 0 Å². The van der Waals surface area contributed by atoms with Gasteiger partial charge in [0.25, 0.3) is 5.56 Å². The SMILES string of the molecule is CCCOc1c(Br)cc(/C=C/c2n[nH]c(=O)c(C#N)c2C)cc1OC. The predicted molar refractivity (Wildman–Crippen MR) is 99.7 cm³/mol. The molecule has 0 spiro atoms. The van der Waals surface area contributed by atoms with E-state index < -0.39 is 5.56 Å². The van der Waals surface area contributed by atoms with Crippen LogP contribution in [-0.4, -0.2) is 23.9 Å². The molecule has 25 heavy (non-hydrogen) atoms. The maximum Gasteiger partial charge on any atom is 0.282 e. The minimum Gasteiger partial charge on any atom is -0.493 e. The zero-order valence-electron chi connectivity index (χ0n) is 14.2. The highest BCUT2D eigenvalue weighted by Crippen LogP contribution is 2.37. The highest BCUT2D eigenvalue weighted by molar-refractivity contribution is 9.10. The highest BCUT2D eigenvalue weighted by atomic mass is 79.9. The summed E-state index contributed by atoms with van der Waals surface area (Å²) in [7, 11) is 1.58. The van der Waals surface area contributed by atoms with Gasteiger partial charge in [-0.25, -0.2) is 5.10 Å². The summed E-state index contributed by atoms with van der Waals surface area (Å²) in [4.78, 5) is 11.5. The van der Waals surface area contributed by atoms with Gasteiger partial charge in [-0.15, -0.1) is 0 Å². The second-order valence-electron chi connectivity index (χ2n) is 5.27. The molecule has 0 aliphatic heterocycles. The van der Waals surface area contributed by atoms with Crippen LogP contribution in [0.1, 0.15) is 35.7 Å². The first-order valence-electron chi connectivity index (χ1n) is 7.69. The molecule has 1 N–H and O–H groups in total. The fourth-order valence-electron chi connectivity index (χ4n) is 2.20. The number of nitrogens with zero attached hydrogens (tertiary/aromatic N) is 2. The number of aromatic nitrogens is 2. The van der Waals surface area contributed by atoms with Crippen molar-refractivity contribution in [3.05, 3.63) is 49.3 Å². The highest BCUT2D eigenvalue weighted by Gasteiger charge is 2.11. The molecule has 1 heterocycles. The van der Waals surface area contributed by atoms with Gasteiger partial charge < -0.3 is 9.47 Å². The lowest BCUT2D eigenvalue weighted by Gasteiger charge is -2.13.